The lowest BCUT2D eigenvalue weighted by molar-refractivity contribution is 0.584. The maximum absolute atomic E-state index is 14.9. The summed E-state index contributed by atoms with van der Waals surface area (Å²) in [6, 6.07) is 19.5. The monoisotopic (exact) mass is 483 g/mol. The van der Waals surface area contributed by atoms with Gasteiger partial charge in [0.25, 0.3) is 0 Å². The van der Waals surface area contributed by atoms with Crippen molar-refractivity contribution in [3.63, 3.8) is 0 Å². The summed E-state index contributed by atoms with van der Waals surface area (Å²) in [6.07, 6.45) is 0.882. The second-order valence-corrected chi connectivity index (χ2v) is 9.26. The van der Waals surface area contributed by atoms with Crippen LogP contribution in [0.3, 0.4) is 0 Å². The first kappa shape index (κ1) is 23.7. The van der Waals surface area contributed by atoms with Gasteiger partial charge >= 0.3 is 0 Å². The van der Waals surface area contributed by atoms with Gasteiger partial charge in [0.15, 0.2) is 5.82 Å². The Labute approximate surface area is 196 Å². The Hall–Kier alpha value is -3.47. The Balaban J connectivity index is 1.57. The fraction of sp³-hybridized carbons (Fsp3) is 0.167. The molecule has 4 aromatic rings. The van der Waals surface area contributed by atoms with E-state index in [2.05, 4.69) is 15.4 Å². The second-order valence-electron chi connectivity index (χ2n) is 7.69. The number of hydrogen-bond donors (Lipinski definition) is 2. The summed E-state index contributed by atoms with van der Waals surface area (Å²) in [5, 5.41) is 12.7. The van der Waals surface area contributed by atoms with Crippen molar-refractivity contribution < 1.29 is 17.2 Å². The van der Waals surface area contributed by atoms with E-state index in [0.29, 0.717) is 43.1 Å². The predicted octanol–water partition coefficient (Wildman–Crippen LogP) is 3.12. The van der Waals surface area contributed by atoms with E-state index in [1.54, 1.807) is 18.2 Å². The zero-order valence-electron chi connectivity index (χ0n) is 18.2. The molecule has 3 aromatic carbocycles. The van der Waals surface area contributed by atoms with E-state index in [1.807, 2.05) is 30.3 Å². The lowest BCUT2D eigenvalue weighted by Gasteiger charge is -2.08. The number of nitrogens with zero attached hydrogens (tertiary/aromatic N) is 3. The van der Waals surface area contributed by atoms with Gasteiger partial charge in [0.05, 0.1) is 11.4 Å². The van der Waals surface area contributed by atoms with Gasteiger partial charge in [-0.15, -0.1) is 5.10 Å². The molecule has 0 fully saturated rings. The van der Waals surface area contributed by atoms with Crippen molar-refractivity contribution in [2.24, 2.45) is 5.14 Å². The number of aromatic nitrogens is 3. The number of rotatable bonds is 9. The van der Waals surface area contributed by atoms with Gasteiger partial charge in [0.1, 0.15) is 23.1 Å². The first-order valence-electron chi connectivity index (χ1n) is 10.6. The highest BCUT2D eigenvalue weighted by Crippen LogP contribution is 2.20. The molecule has 0 saturated carbocycles. The van der Waals surface area contributed by atoms with Gasteiger partial charge in [-0.25, -0.2) is 32.0 Å². The topological polar surface area (TPSA) is 103 Å². The number of nitrogens with two attached hydrogens (primary N) is 1. The average molecular weight is 484 g/mol. The van der Waals surface area contributed by atoms with Crippen LogP contribution >= 0.6 is 0 Å². The molecule has 3 N–H and O–H groups in total. The Bertz CT molecular complexity index is 1390. The molecule has 176 valence electrons. The molecule has 0 radical (unpaired) electrons. The zero-order chi connectivity index (χ0) is 24.1. The molecular formula is C24H23F2N5O2S. The molecular weight excluding hydrogens is 460 g/mol. The molecule has 34 heavy (non-hydrogen) atoms. The predicted molar refractivity (Wildman–Crippen MR) is 124 cm³/mol. The van der Waals surface area contributed by atoms with Crippen molar-refractivity contribution in [3.05, 3.63) is 107 Å². The molecule has 0 spiro atoms. The molecule has 7 nitrogen and oxygen atoms in total. The quantitative estimate of drug-likeness (QED) is 0.356. The van der Waals surface area contributed by atoms with Crippen LogP contribution in [0.15, 0.2) is 77.7 Å². The summed E-state index contributed by atoms with van der Waals surface area (Å²) in [4.78, 5) is 4.24. The Kier molecular flexibility index (Phi) is 7.11. The number of benzene rings is 3. The van der Waals surface area contributed by atoms with Crippen molar-refractivity contribution in [2.75, 3.05) is 6.54 Å². The number of hydrogen-bond acceptors (Lipinski definition) is 5. The van der Waals surface area contributed by atoms with Crippen LogP contribution in [0.2, 0.25) is 0 Å². The highest BCUT2D eigenvalue weighted by molar-refractivity contribution is 7.89. The summed E-state index contributed by atoms with van der Waals surface area (Å²) in [5.41, 5.74) is 1.62. The molecule has 0 aliphatic carbocycles. The van der Waals surface area contributed by atoms with Crippen molar-refractivity contribution >= 4 is 10.0 Å². The van der Waals surface area contributed by atoms with Crippen molar-refractivity contribution in [2.45, 2.75) is 24.3 Å². The van der Waals surface area contributed by atoms with Gasteiger partial charge in [0.2, 0.25) is 10.0 Å². The maximum Gasteiger partial charge on any atom is 0.238 e. The van der Waals surface area contributed by atoms with Crippen molar-refractivity contribution in [3.8, 4) is 5.69 Å². The Morgan fingerprint density at radius 2 is 1.68 bits per heavy atom. The summed E-state index contributed by atoms with van der Waals surface area (Å²) in [5.74, 6) is -0.131. The highest BCUT2D eigenvalue weighted by atomic mass is 32.2. The standard InChI is InChI=1S/C24H23F2N5O2S/c25-20-9-5-4-8-18(20)12-13-28-16-23-29-24(14-17-6-2-1-3-7-17)31(30-23)22-11-10-19(15-21(22)26)34(27,32)33/h1-11,15,28H,12-14,16H2,(H2,27,32,33). The van der Waals surface area contributed by atoms with E-state index in [1.165, 1.54) is 22.9 Å². The van der Waals surface area contributed by atoms with Gasteiger partial charge in [-0.05, 0) is 48.4 Å². The first-order chi connectivity index (χ1) is 16.3. The molecule has 1 aromatic heterocycles. The fourth-order valence-corrected chi connectivity index (χ4v) is 4.04. The third kappa shape index (κ3) is 5.71. The molecule has 0 atom stereocenters. The number of primary sulfonamides is 1. The van der Waals surface area contributed by atoms with E-state index in [4.69, 9.17) is 5.14 Å². The number of nitrogens with one attached hydrogen (secondary N) is 1. The number of sulfonamides is 1. The van der Waals surface area contributed by atoms with Crippen LogP contribution in [-0.2, 0) is 29.4 Å². The minimum absolute atomic E-state index is 0.0587. The van der Waals surface area contributed by atoms with Crippen LogP contribution in [0.25, 0.3) is 5.69 Å². The lowest BCUT2D eigenvalue weighted by Crippen LogP contribution is -2.18. The number of halogens is 2. The maximum atomic E-state index is 14.9. The van der Waals surface area contributed by atoms with Gasteiger partial charge in [0, 0.05) is 6.42 Å². The third-order valence-corrected chi connectivity index (χ3v) is 6.12. The molecule has 0 saturated heterocycles. The van der Waals surface area contributed by atoms with E-state index in [0.717, 1.165) is 11.6 Å². The molecule has 4 rings (SSSR count). The second kappa shape index (κ2) is 10.2. The van der Waals surface area contributed by atoms with Gasteiger partial charge in [-0.3, -0.25) is 0 Å². The molecule has 10 heteroatoms. The lowest BCUT2D eigenvalue weighted by atomic mass is 10.1. The van der Waals surface area contributed by atoms with E-state index in [-0.39, 0.29) is 16.4 Å². The largest absolute Gasteiger partial charge is 0.309 e. The van der Waals surface area contributed by atoms with Crippen LogP contribution in [0.5, 0.6) is 0 Å². The summed E-state index contributed by atoms with van der Waals surface area (Å²) >= 11 is 0. The summed E-state index contributed by atoms with van der Waals surface area (Å²) in [6.45, 7) is 0.793. The average Bonchev–Trinajstić information content (AvgIpc) is 3.20. The van der Waals surface area contributed by atoms with Crippen molar-refractivity contribution in [1.82, 2.24) is 20.1 Å². The Morgan fingerprint density at radius 1 is 0.941 bits per heavy atom. The molecule has 0 bridgehead atoms. The van der Waals surface area contributed by atoms with Crippen LogP contribution in [0.1, 0.15) is 22.8 Å². The van der Waals surface area contributed by atoms with E-state index >= 15 is 0 Å². The molecule has 0 aliphatic heterocycles. The van der Waals surface area contributed by atoms with Crippen LogP contribution < -0.4 is 10.5 Å². The first-order valence-corrected chi connectivity index (χ1v) is 12.1. The van der Waals surface area contributed by atoms with Crippen LogP contribution in [0, 0.1) is 11.6 Å². The van der Waals surface area contributed by atoms with Gasteiger partial charge in [-0.2, -0.15) is 0 Å². The van der Waals surface area contributed by atoms with E-state index < -0.39 is 15.8 Å². The fourth-order valence-electron chi connectivity index (χ4n) is 3.51. The molecule has 1 heterocycles. The van der Waals surface area contributed by atoms with Crippen LogP contribution in [-0.4, -0.2) is 29.7 Å². The normalized spacial score (nSPS) is 11.6. The zero-order valence-corrected chi connectivity index (χ0v) is 19.0. The minimum atomic E-state index is -4.04. The molecule has 0 aliphatic rings. The summed E-state index contributed by atoms with van der Waals surface area (Å²) in [7, 11) is -4.04. The van der Waals surface area contributed by atoms with Crippen LogP contribution in [0.4, 0.5) is 8.78 Å². The van der Waals surface area contributed by atoms with Crippen molar-refractivity contribution in [1.29, 1.82) is 0 Å². The SMILES string of the molecule is NS(=O)(=O)c1ccc(-n2nc(CNCCc3ccccc3F)nc2Cc2ccccc2)c(F)c1. The van der Waals surface area contributed by atoms with E-state index in [9.17, 15) is 17.2 Å². The Morgan fingerprint density at radius 3 is 2.38 bits per heavy atom. The third-order valence-electron chi connectivity index (χ3n) is 5.21. The highest BCUT2D eigenvalue weighted by Gasteiger charge is 2.18. The van der Waals surface area contributed by atoms with Gasteiger partial charge < -0.3 is 5.32 Å². The molecule has 0 unspecified atom stereocenters. The van der Waals surface area contributed by atoms with Gasteiger partial charge in [-0.1, -0.05) is 48.5 Å². The minimum Gasteiger partial charge on any atom is -0.309 e. The molecule has 0 amide bonds. The summed E-state index contributed by atoms with van der Waals surface area (Å²) < 4.78 is 53.1. The smallest absolute Gasteiger partial charge is 0.238 e.